The summed E-state index contributed by atoms with van der Waals surface area (Å²) >= 11 is 0. The Morgan fingerprint density at radius 1 is 1.50 bits per heavy atom. The number of piperidine rings is 1. The van der Waals surface area contributed by atoms with E-state index in [9.17, 15) is 15.0 Å². The van der Waals surface area contributed by atoms with Gasteiger partial charge in [-0.1, -0.05) is 27.2 Å². The minimum atomic E-state index is -0.609. The standard InChI is InChI=1S/C18H31N3O3/c1-5-7-18(12-22)11-21(8-6-16(18)23)17(24)15-10-14(9-13(2)3)19-20(15)4/h10,13,16,22-23H,5-9,11-12H2,1-4H3/t16-,18-/m0/s1. The Morgan fingerprint density at radius 2 is 2.21 bits per heavy atom. The van der Waals surface area contributed by atoms with Crippen molar-refractivity contribution < 1.29 is 15.0 Å². The first kappa shape index (κ1) is 18.9. The van der Waals surface area contributed by atoms with Crippen molar-refractivity contribution in [1.82, 2.24) is 14.7 Å². The zero-order valence-corrected chi connectivity index (χ0v) is 15.3. The van der Waals surface area contributed by atoms with E-state index in [0.717, 1.165) is 18.5 Å². The van der Waals surface area contributed by atoms with Crippen molar-refractivity contribution in [1.29, 1.82) is 0 Å². The van der Waals surface area contributed by atoms with Gasteiger partial charge in [0.15, 0.2) is 0 Å². The summed E-state index contributed by atoms with van der Waals surface area (Å²) in [5, 5.41) is 24.7. The fraction of sp³-hybridized carbons (Fsp3) is 0.778. The smallest absolute Gasteiger partial charge is 0.272 e. The highest BCUT2D eigenvalue weighted by Gasteiger charge is 2.43. The Balaban J connectivity index is 2.19. The van der Waals surface area contributed by atoms with Crippen LogP contribution in [0.5, 0.6) is 0 Å². The molecule has 0 unspecified atom stereocenters. The lowest BCUT2D eigenvalue weighted by atomic mass is 9.74. The van der Waals surface area contributed by atoms with Crippen molar-refractivity contribution in [3.05, 3.63) is 17.5 Å². The van der Waals surface area contributed by atoms with Gasteiger partial charge in [-0.3, -0.25) is 9.48 Å². The third-order valence-corrected chi connectivity index (χ3v) is 5.00. The first-order valence-corrected chi connectivity index (χ1v) is 8.94. The quantitative estimate of drug-likeness (QED) is 0.826. The first-order valence-electron chi connectivity index (χ1n) is 8.94. The zero-order valence-electron chi connectivity index (χ0n) is 15.3. The molecule has 0 saturated carbocycles. The maximum absolute atomic E-state index is 12.9. The summed E-state index contributed by atoms with van der Waals surface area (Å²) in [5.74, 6) is 0.417. The van der Waals surface area contributed by atoms with E-state index >= 15 is 0 Å². The maximum Gasteiger partial charge on any atom is 0.272 e. The molecule has 6 heteroatoms. The van der Waals surface area contributed by atoms with E-state index < -0.39 is 11.5 Å². The highest BCUT2D eigenvalue weighted by Crippen LogP contribution is 2.35. The van der Waals surface area contributed by atoms with E-state index in [1.54, 1.807) is 16.6 Å². The van der Waals surface area contributed by atoms with Crippen LogP contribution in [-0.4, -0.2) is 56.6 Å². The Labute approximate surface area is 144 Å². The Morgan fingerprint density at radius 3 is 2.79 bits per heavy atom. The molecular formula is C18H31N3O3. The van der Waals surface area contributed by atoms with Gasteiger partial charge in [-0.25, -0.2) is 0 Å². The molecule has 2 heterocycles. The fourth-order valence-electron chi connectivity index (χ4n) is 3.71. The highest BCUT2D eigenvalue weighted by molar-refractivity contribution is 5.92. The Hall–Kier alpha value is -1.40. The number of hydrogen-bond donors (Lipinski definition) is 2. The summed E-state index contributed by atoms with van der Waals surface area (Å²) < 4.78 is 1.64. The van der Waals surface area contributed by atoms with Gasteiger partial charge in [0.25, 0.3) is 5.91 Å². The summed E-state index contributed by atoms with van der Waals surface area (Å²) in [7, 11) is 1.79. The molecule has 2 N–H and O–H groups in total. The molecule has 1 aliphatic rings. The number of nitrogens with zero attached hydrogens (tertiary/aromatic N) is 3. The second-order valence-electron chi connectivity index (χ2n) is 7.54. The van der Waals surface area contributed by atoms with Crippen molar-refractivity contribution in [2.75, 3.05) is 19.7 Å². The molecule has 0 bridgehead atoms. The van der Waals surface area contributed by atoms with Gasteiger partial charge in [-0.05, 0) is 31.2 Å². The predicted molar refractivity (Wildman–Crippen MR) is 92.7 cm³/mol. The fourth-order valence-corrected chi connectivity index (χ4v) is 3.71. The second kappa shape index (κ2) is 7.66. The van der Waals surface area contributed by atoms with E-state index in [2.05, 4.69) is 18.9 Å². The van der Waals surface area contributed by atoms with Crippen LogP contribution >= 0.6 is 0 Å². The van der Waals surface area contributed by atoms with Crippen molar-refractivity contribution in [2.24, 2.45) is 18.4 Å². The molecule has 1 saturated heterocycles. The number of aromatic nitrogens is 2. The minimum Gasteiger partial charge on any atom is -0.396 e. The van der Waals surface area contributed by atoms with Gasteiger partial charge < -0.3 is 15.1 Å². The van der Waals surface area contributed by atoms with Crippen LogP contribution in [0.15, 0.2) is 6.07 Å². The second-order valence-corrected chi connectivity index (χ2v) is 7.54. The van der Waals surface area contributed by atoms with Gasteiger partial charge in [-0.2, -0.15) is 5.10 Å². The molecule has 1 fully saturated rings. The third kappa shape index (κ3) is 3.81. The van der Waals surface area contributed by atoms with Crippen LogP contribution < -0.4 is 0 Å². The molecule has 2 rings (SSSR count). The number of carbonyl (C=O) groups is 1. The zero-order chi connectivity index (χ0) is 17.9. The molecular weight excluding hydrogens is 306 g/mol. The summed E-state index contributed by atoms with van der Waals surface area (Å²) in [6, 6.07) is 1.87. The Bertz CT molecular complexity index is 570. The molecule has 0 spiro atoms. The lowest BCUT2D eigenvalue weighted by Gasteiger charge is -2.45. The number of likely N-dealkylation sites (tertiary alicyclic amines) is 1. The molecule has 136 valence electrons. The minimum absolute atomic E-state index is 0.0687. The lowest BCUT2D eigenvalue weighted by molar-refractivity contribution is -0.0721. The molecule has 24 heavy (non-hydrogen) atoms. The normalized spacial score (nSPS) is 24.6. The molecule has 1 aromatic heterocycles. The van der Waals surface area contributed by atoms with E-state index in [4.69, 9.17) is 0 Å². The van der Waals surface area contributed by atoms with Crippen LogP contribution in [0.4, 0.5) is 0 Å². The van der Waals surface area contributed by atoms with Gasteiger partial charge >= 0.3 is 0 Å². The van der Waals surface area contributed by atoms with Gasteiger partial charge in [-0.15, -0.1) is 0 Å². The molecule has 2 atom stereocenters. The number of rotatable bonds is 6. The van der Waals surface area contributed by atoms with Gasteiger partial charge in [0, 0.05) is 25.6 Å². The van der Waals surface area contributed by atoms with Crippen molar-refractivity contribution in [3.8, 4) is 0 Å². The molecule has 1 amide bonds. The predicted octanol–water partition coefficient (Wildman–Crippen LogP) is 1.60. The van der Waals surface area contributed by atoms with Gasteiger partial charge in [0.2, 0.25) is 0 Å². The van der Waals surface area contributed by atoms with Gasteiger partial charge in [0.05, 0.1) is 18.4 Å². The number of aryl methyl sites for hydroxylation is 1. The van der Waals surface area contributed by atoms with Crippen LogP contribution in [0.3, 0.4) is 0 Å². The average Bonchev–Trinajstić information content (AvgIpc) is 2.88. The maximum atomic E-state index is 12.9. The van der Waals surface area contributed by atoms with Crippen LogP contribution in [-0.2, 0) is 13.5 Å². The molecule has 0 radical (unpaired) electrons. The topological polar surface area (TPSA) is 78.6 Å². The summed E-state index contributed by atoms with van der Waals surface area (Å²) in [6.07, 6.45) is 2.36. The Kier molecular flexibility index (Phi) is 6.04. The average molecular weight is 337 g/mol. The summed E-state index contributed by atoms with van der Waals surface area (Å²) in [6.45, 7) is 7.09. The van der Waals surface area contributed by atoms with Crippen LogP contribution in [0.25, 0.3) is 0 Å². The monoisotopic (exact) mass is 337 g/mol. The summed E-state index contributed by atoms with van der Waals surface area (Å²) in [4.78, 5) is 14.7. The highest BCUT2D eigenvalue weighted by atomic mass is 16.3. The SMILES string of the molecule is CCC[C@@]1(CO)CN(C(=O)c2cc(CC(C)C)nn2C)CC[C@@H]1O. The number of hydrogen-bond acceptors (Lipinski definition) is 4. The van der Waals surface area contributed by atoms with Crippen molar-refractivity contribution in [2.45, 2.75) is 52.6 Å². The van der Waals surface area contributed by atoms with E-state index in [0.29, 0.717) is 37.5 Å². The number of amides is 1. The van der Waals surface area contributed by atoms with Crippen LogP contribution in [0.1, 0.15) is 56.2 Å². The van der Waals surface area contributed by atoms with Crippen molar-refractivity contribution >= 4 is 5.91 Å². The van der Waals surface area contributed by atoms with E-state index in [1.807, 2.05) is 13.0 Å². The largest absolute Gasteiger partial charge is 0.396 e. The molecule has 6 nitrogen and oxygen atoms in total. The molecule has 0 aliphatic carbocycles. The van der Waals surface area contributed by atoms with Crippen LogP contribution in [0.2, 0.25) is 0 Å². The molecule has 0 aromatic carbocycles. The van der Waals surface area contributed by atoms with Gasteiger partial charge in [0.1, 0.15) is 5.69 Å². The van der Waals surface area contributed by atoms with Crippen LogP contribution in [0, 0.1) is 11.3 Å². The summed E-state index contributed by atoms with van der Waals surface area (Å²) in [5.41, 5.74) is 0.891. The third-order valence-electron chi connectivity index (χ3n) is 5.00. The van der Waals surface area contributed by atoms with E-state index in [-0.39, 0.29) is 12.5 Å². The number of carbonyl (C=O) groups excluding carboxylic acids is 1. The molecule has 1 aromatic rings. The van der Waals surface area contributed by atoms with E-state index in [1.165, 1.54) is 0 Å². The lowest BCUT2D eigenvalue weighted by Crippen LogP contribution is -2.55. The number of aliphatic hydroxyl groups is 2. The van der Waals surface area contributed by atoms with Crippen molar-refractivity contribution in [3.63, 3.8) is 0 Å². The first-order chi connectivity index (χ1) is 11.3. The number of aliphatic hydroxyl groups excluding tert-OH is 2. The molecule has 1 aliphatic heterocycles.